The summed E-state index contributed by atoms with van der Waals surface area (Å²) >= 11 is 3.14. The molecule has 0 bridgehead atoms. The van der Waals surface area contributed by atoms with Crippen LogP contribution in [0.4, 0.5) is 13.9 Å². The summed E-state index contributed by atoms with van der Waals surface area (Å²) in [5, 5.41) is 25.2. The fraction of sp³-hybridized carbons (Fsp3) is 0.523. The average Bonchev–Trinajstić information content (AvgIpc) is 4.00. The molecule has 3 aromatic rings. The number of aromatic nitrogens is 1. The van der Waals surface area contributed by atoms with Crippen molar-refractivity contribution in [1.82, 2.24) is 31.2 Å². The number of rotatable bonds is 14. The van der Waals surface area contributed by atoms with E-state index in [2.05, 4.69) is 31.2 Å². The fourth-order valence-electron chi connectivity index (χ4n) is 7.98. The number of thiazole rings is 1. The quantitative estimate of drug-likeness (QED) is 0.146. The van der Waals surface area contributed by atoms with E-state index in [1.54, 1.807) is 37.9 Å². The van der Waals surface area contributed by atoms with E-state index in [1.807, 2.05) is 38.1 Å². The molecule has 4 aliphatic rings. The van der Waals surface area contributed by atoms with Crippen LogP contribution in [-0.4, -0.2) is 108 Å². The van der Waals surface area contributed by atoms with Gasteiger partial charge in [-0.25, -0.2) is 9.37 Å². The largest absolute Gasteiger partial charge is 0.486 e. The average molecular weight is 896 g/mol. The molecule has 334 valence electrons. The first-order valence-electron chi connectivity index (χ1n) is 21.0. The summed E-state index contributed by atoms with van der Waals surface area (Å²) in [7, 11) is 0. The van der Waals surface area contributed by atoms with E-state index < -0.39 is 59.1 Å². The highest BCUT2D eigenvalue weighted by Gasteiger charge is 2.45. The second-order valence-corrected chi connectivity index (χ2v) is 19.2. The molecule has 2 saturated heterocycles. The Morgan fingerprint density at radius 1 is 1.02 bits per heavy atom. The first-order chi connectivity index (χ1) is 29.5. The molecule has 14 nitrogen and oxygen atoms in total. The summed E-state index contributed by atoms with van der Waals surface area (Å²) < 4.78 is 40.9. The molecule has 4 heterocycles. The minimum atomic E-state index is -1.11. The Bertz CT molecular complexity index is 2170. The van der Waals surface area contributed by atoms with Gasteiger partial charge in [0.2, 0.25) is 29.4 Å². The highest BCUT2D eigenvalue weighted by Crippen LogP contribution is 2.39. The number of anilines is 1. The molecule has 2 aromatic carbocycles. The van der Waals surface area contributed by atoms with E-state index in [1.165, 1.54) is 27.2 Å². The van der Waals surface area contributed by atoms with E-state index in [4.69, 9.17) is 9.47 Å². The Balaban J connectivity index is 0.888. The third-order valence-corrected chi connectivity index (χ3v) is 13.7. The van der Waals surface area contributed by atoms with Crippen LogP contribution in [0.3, 0.4) is 0 Å². The molecule has 4 atom stereocenters. The number of nitrogens with one attached hydrogen (secondary N) is 4. The first-order valence-corrected chi connectivity index (χ1v) is 22.9. The molecule has 62 heavy (non-hydrogen) atoms. The van der Waals surface area contributed by atoms with Crippen molar-refractivity contribution in [2.24, 2.45) is 5.41 Å². The lowest BCUT2D eigenvalue weighted by molar-refractivity contribution is -0.144. The summed E-state index contributed by atoms with van der Waals surface area (Å²) in [5.74, 6) is -3.36. The van der Waals surface area contributed by atoms with Gasteiger partial charge < -0.3 is 45.6 Å². The highest BCUT2D eigenvalue weighted by atomic mass is 32.2. The Labute approximate surface area is 368 Å². The van der Waals surface area contributed by atoms with Crippen LogP contribution in [0.2, 0.25) is 0 Å². The molecule has 3 fully saturated rings. The second-order valence-electron chi connectivity index (χ2n) is 17.4. The lowest BCUT2D eigenvalue weighted by Crippen LogP contribution is -2.58. The van der Waals surface area contributed by atoms with Gasteiger partial charge in [0.05, 0.1) is 36.9 Å². The SMILES string of the molecule is CC1=C(c2ccc([C@H](C)NC(=O)[C@@H]3C[C@@H](O)CN3C(=O)[C@@H](NC(=O)CCC(=O)NC3CC(Oc4c(-c5csc(N6CCOCC6)n5)ccc(F)c4F)C3)C(C)(C)C)cc2)SCN1. The fourth-order valence-corrected chi connectivity index (χ4v) is 9.89. The molecule has 5 N–H and O–H groups in total. The Morgan fingerprint density at radius 2 is 1.73 bits per heavy atom. The molecule has 7 rings (SSSR count). The van der Waals surface area contributed by atoms with Gasteiger partial charge in [-0.3, -0.25) is 19.2 Å². The van der Waals surface area contributed by atoms with Crippen molar-refractivity contribution in [2.45, 2.75) is 103 Å². The van der Waals surface area contributed by atoms with E-state index in [-0.39, 0.29) is 49.5 Å². The molecule has 1 saturated carbocycles. The van der Waals surface area contributed by atoms with Crippen LogP contribution in [0.25, 0.3) is 16.2 Å². The molecule has 0 unspecified atom stereocenters. The van der Waals surface area contributed by atoms with E-state index >= 15 is 4.39 Å². The van der Waals surface area contributed by atoms with Gasteiger partial charge >= 0.3 is 0 Å². The Hall–Kier alpha value is -4.78. The van der Waals surface area contributed by atoms with Crippen molar-refractivity contribution < 1.29 is 42.5 Å². The normalized spacial score (nSPS) is 22.4. The molecule has 3 aliphatic heterocycles. The van der Waals surface area contributed by atoms with Gasteiger partial charge in [0.1, 0.15) is 18.2 Å². The highest BCUT2D eigenvalue weighted by molar-refractivity contribution is 8.08. The van der Waals surface area contributed by atoms with Crippen LogP contribution in [0.1, 0.15) is 83.9 Å². The van der Waals surface area contributed by atoms with Crippen molar-refractivity contribution in [3.05, 3.63) is 70.2 Å². The number of hydrogen-bond acceptors (Lipinski definition) is 12. The summed E-state index contributed by atoms with van der Waals surface area (Å²) in [6, 6.07) is 7.81. The molecule has 1 aromatic heterocycles. The zero-order valence-corrected chi connectivity index (χ0v) is 37.2. The Kier molecular flexibility index (Phi) is 14.1. The maximum absolute atomic E-state index is 15.1. The molecular formula is C44H55F2N7O7S2. The van der Waals surface area contributed by atoms with Gasteiger partial charge in [0.15, 0.2) is 16.7 Å². The van der Waals surface area contributed by atoms with Crippen LogP contribution >= 0.6 is 23.1 Å². The maximum Gasteiger partial charge on any atom is 0.246 e. The van der Waals surface area contributed by atoms with Gasteiger partial charge in [-0.05, 0) is 42.5 Å². The molecular weight excluding hydrogens is 841 g/mol. The van der Waals surface area contributed by atoms with Crippen molar-refractivity contribution in [2.75, 3.05) is 43.6 Å². The topological polar surface area (TPSA) is 174 Å². The predicted molar refractivity (Wildman–Crippen MR) is 234 cm³/mol. The van der Waals surface area contributed by atoms with E-state index in [0.29, 0.717) is 50.4 Å². The number of β-amino-alcohol motifs (C(OH)–C–C–N with tert-alkyl or cyclic N) is 1. The number of carbonyl (C=O) groups is 4. The number of amides is 4. The van der Waals surface area contributed by atoms with Gasteiger partial charge in [0, 0.05) is 79.3 Å². The smallest absolute Gasteiger partial charge is 0.246 e. The predicted octanol–water partition coefficient (Wildman–Crippen LogP) is 5.08. The third-order valence-electron chi connectivity index (χ3n) is 11.6. The van der Waals surface area contributed by atoms with Gasteiger partial charge in [-0.2, -0.15) is 4.39 Å². The zero-order valence-electron chi connectivity index (χ0n) is 35.6. The number of hydrogen-bond donors (Lipinski definition) is 5. The van der Waals surface area contributed by atoms with E-state index in [0.717, 1.165) is 33.9 Å². The summed E-state index contributed by atoms with van der Waals surface area (Å²) in [6.45, 7) is 11.8. The van der Waals surface area contributed by atoms with Crippen LogP contribution < -0.4 is 30.9 Å². The summed E-state index contributed by atoms with van der Waals surface area (Å²) in [6.07, 6.45) is -1.01. The number of thioether (sulfide) groups is 1. The number of aliphatic hydroxyl groups excluding tert-OH is 1. The monoisotopic (exact) mass is 895 g/mol. The minimum Gasteiger partial charge on any atom is -0.486 e. The number of morpholine rings is 1. The van der Waals surface area contributed by atoms with Gasteiger partial charge in [0.25, 0.3) is 0 Å². The molecule has 0 radical (unpaired) electrons. The van der Waals surface area contributed by atoms with Crippen molar-refractivity contribution in [1.29, 1.82) is 0 Å². The summed E-state index contributed by atoms with van der Waals surface area (Å²) in [4.78, 5) is 63.2. The number of halogens is 2. The summed E-state index contributed by atoms with van der Waals surface area (Å²) in [5.41, 5.74) is 3.14. The van der Waals surface area contributed by atoms with Gasteiger partial charge in [-0.15, -0.1) is 23.1 Å². The van der Waals surface area contributed by atoms with Crippen molar-refractivity contribution in [3.8, 4) is 17.0 Å². The Morgan fingerprint density at radius 3 is 2.40 bits per heavy atom. The van der Waals surface area contributed by atoms with Gasteiger partial charge in [-0.1, -0.05) is 45.0 Å². The number of ether oxygens (including phenoxy) is 2. The lowest BCUT2D eigenvalue weighted by atomic mass is 9.85. The molecule has 0 spiro atoms. The third kappa shape index (κ3) is 10.5. The minimum absolute atomic E-state index is 0.0548. The second kappa shape index (κ2) is 19.3. The maximum atomic E-state index is 15.1. The van der Waals surface area contributed by atoms with Crippen molar-refractivity contribution in [3.63, 3.8) is 0 Å². The molecule has 4 amide bonds. The zero-order chi connectivity index (χ0) is 44.3. The standard InChI is InChI=1S/C44H55F2N7O7S2/c1-24(26-6-8-27(9-7-26)39-25(2)47-23-62-39)48-41(57)34-20-29(54)21-53(34)42(58)40(44(3,4)5)51-36(56)13-12-35(55)49-28-18-30(19-28)60-38-31(10-11-32(45)37(38)46)33-22-61-43(50-33)52-14-16-59-17-15-52/h6-11,22,24,28-30,34,40,47,54H,12-21,23H2,1-5H3,(H,48,57)(H,49,55)(H,51,56)/t24-,28?,29+,30?,34-,40+/m0/s1. The molecule has 18 heteroatoms. The number of aliphatic hydroxyl groups is 1. The van der Waals surface area contributed by atoms with Crippen molar-refractivity contribution >= 4 is 56.8 Å². The number of nitrogens with zero attached hydrogens (tertiary/aromatic N) is 3. The molecule has 1 aliphatic carbocycles. The number of likely N-dealkylation sites (tertiary alicyclic amines) is 1. The van der Waals surface area contributed by atoms with Crippen LogP contribution in [-0.2, 0) is 23.9 Å². The lowest BCUT2D eigenvalue weighted by Gasteiger charge is -2.36. The first kappa shape index (κ1) is 45.3. The van der Waals surface area contributed by atoms with Crippen LogP contribution in [0, 0.1) is 17.0 Å². The number of carbonyl (C=O) groups excluding carboxylic acids is 4. The van der Waals surface area contributed by atoms with Crippen LogP contribution in [0.5, 0.6) is 5.75 Å². The number of allylic oxidation sites excluding steroid dienone is 1. The van der Waals surface area contributed by atoms with E-state index in [9.17, 15) is 28.7 Å². The van der Waals surface area contributed by atoms with Crippen LogP contribution in [0.15, 0.2) is 47.5 Å². The number of benzene rings is 2.